The Labute approximate surface area is 151 Å². The van der Waals surface area contributed by atoms with Gasteiger partial charge in [0.2, 0.25) is 0 Å². The van der Waals surface area contributed by atoms with Gasteiger partial charge < -0.3 is 5.32 Å². The minimum atomic E-state index is 0.650. The van der Waals surface area contributed by atoms with Crippen LogP contribution in [0.5, 0.6) is 0 Å². The molecule has 1 N–H and O–H groups in total. The monoisotopic (exact) mass is 339 g/mol. The molecule has 26 heavy (non-hydrogen) atoms. The zero-order valence-corrected chi connectivity index (χ0v) is 14.1. The number of rotatable bonds is 5. The summed E-state index contributed by atoms with van der Waals surface area (Å²) in [5.41, 5.74) is 3.95. The maximum atomic E-state index is 4.73. The number of nitrogens with zero attached hydrogens (tertiary/aromatic N) is 4. The van der Waals surface area contributed by atoms with E-state index in [-0.39, 0.29) is 0 Å². The van der Waals surface area contributed by atoms with Crippen molar-refractivity contribution in [2.24, 2.45) is 0 Å². The van der Waals surface area contributed by atoms with E-state index in [0.717, 1.165) is 28.2 Å². The van der Waals surface area contributed by atoms with Crippen LogP contribution in [-0.2, 0) is 6.54 Å². The molecule has 5 heteroatoms. The highest BCUT2D eigenvalue weighted by atomic mass is 15.0. The Morgan fingerprint density at radius 3 is 2.31 bits per heavy atom. The van der Waals surface area contributed by atoms with E-state index in [2.05, 4.69) is 20.3 Å². The smallest absolute Gasteiger partial charge is 0.163 e. The normalized spacial score (nSPS) is 10.5. The summed E-state index contributed by atoms with van der Waals surface area (Å²) in [6.45, 7) is 0.667. The van der Waals surface area contributed by atoms with Gasteiger partial charge in [0, 0.05) is 48.5 Å². The fraction of sp³-hybridized carbons (Fsp3) is 0.0476. The van der Waals surface area contributed by atoms with Gasteiger partial charge >= 0.3 is 0 Å². The first kappa shape index (κ1) is 15.9. The van der Waals surface area contributed by atoms with E-state index in [9.17, 15) is 0 Å². The Balaban J connectivity index is 1.70. The fourth-order valence-corrected chi connectivity index (χ4v) is 2.61. The zero-order valence-electron chi connectivity index (χ0n) is 14.1. The highest BCUT2D eigenvalue weighted by molar-refractivity contribution is 5.67. The van der Waals surface area contributed by atoms with Crippen LogP contribution in [0.1, 0.15) is 5.56 Å². The van der Waals surface area contributed by atoms with Gasteiger partial charge in [0.1, 0.15) is 5.82 Å². The van der Waals surface area contributed by atoms with E-state index in [1.807, 2.05) is 60.7 Å². The highest BCUT2D eigenvalue weighted by Gasteiger charge is 2.09. The Bertz CT molecular complexity index is 915. The van der Waals surface area contributed by atoms with Crippen molar-refractivity contribution >= 4 is 5.82 Å². The van der Waals surface area contributed by atoms with Crippen molar-refractivity contribution in [1.29, 1.82) is 0 Å². The predicted octanol–water partition coefficient (Wildman–Crippen LogP) is 4.21. The van der Waals surface area contributed by atoms with Gasteiger partial charge in [-0.25, -0.2) is 9.97 Å². The molecule has 0 radical (unpaired) electrons. The van der Waals surface area contributed by atoms with E-state index in [1.165, 1.54) is 0 Å². The lowest BCUT2D eigenvalue weighted by atomic mass is 10.1. The highest BCUT2D eigenvalue weighted by Crippen LogP contribution is 2.24. The van der Waals surface area contributed by atoms with Crippen molar-refractivity contribution in [3.8, 4) is 22.6 Å². The Kier molecular flexibility index (Phi) is 4.60. The summed E-state index contributed by atoms with van der Waals surface area (Å²) in [6.07, 6.45) is 7.09. The van der Waals surface area contributed by atoms with Crippen LogP contribution in [0.2, 0.25) is 0 Å². The Hall–Kier alpha value is -3.60. The Morgan fingerprint density at radius 1 is 0.731 bits per heavy atom. The molecule has 4 aromatic rings. The molecule has 3 aromatic heterocycles. The molecule has 0 saturated heterocycles. The number of benzene rings is 1. The third-order valence-corrected chi connectivity index (χ3v) is 3.94. The number of nitrogens with one attached hydrogen (secondary N) is 1. The summed E-state index contributed by atoms with van der Waals surface area (Å²) in [6, 6.07) is 19.9. The van der Waals surface area contributed by atoms with Gasteiger partial charge in [-0.15, -0.1) is 0 Å². The summed E-state index contributed by atoms with van der Waals surface area (Å²) in [5.74, 6) is 1.42. The van der Waals surface area contributed by atoms with E-state index in [1.54, 1.807) is 24.8 Å². The molecule has 126 valence electrons. The van der Waals surface area contributed by atoms with E-state index in [4.69, 9.17) is 4.98 Å². The maximum Gasteiger partial charge on any atom is 0.163 e. The molecule has 0 aliphatic heterocycles. The second-order valence-corrected chi connectivity index (χ2v) is 5.78. The van der Waals surface area contributed by atoms with Crippen molar-refractivity contribution in [2.45, 2.75) is 6.54 Å². The van der Waals surface area contributed by atoms with E-state index >= 15 is 0 Å². The third kappa shape index (κ3) is 3.72. The molecule has 0 saturated carbocycles. The molecule has 0 aliphatic rings. The van der Waals surface area contributed by atoms with Crippen LogP contribution in [0, 0.1) is 0 Å². The van der Waals surface area contributed by atoms with Crippen LogP contribution < -0.4 is 5.32 Å². The molecule has 0 aliphatic carbocycles. The Morgan fingerprint density at radius 2 is 1.54 bits per heavy atom. The summed E-state index contributed by atoms with van der Waals surface area (Å²) in [4.78, 5) is 17.6. The van der Waals surface area contributed by atoms with Crippen LogP contribution in [0.3, 0.4) is 0 Å². The van der Waals surface area contributed by atoms with Gasteiger partial charge in [0.25, 0.3) is 0 Å². The van der Waals surface area contributed by atoms with Crippen molar-refractivity contribution in [1.82, 2.24) is 19.9 Å². The largest absolute Gasteiger partial charge is 0.366 e. The lowest BCUT2D eigenvalue weighted by molar-refractivity contribution is 1.08. The van der Waals surface area contributed by atoms with Gasteiger partial charge in [-0.05, 0) is 29.8 Å². The van der Waals surface area contributed by atoms with E-state index < -0.39 is 0 Å². The molecular weight excluding hydrogens is 322 g/mol. The van der Waals surface area contributed by atoms with Crippen molar-refractivity contribution in [3.05, 3.63) is 91.0 Å². The molecular formula is C21H17N5. The molecule has 4 rings (SSSR count). The van der Waals surface area contributed by atoms with Crippen molar-refractivity contribution in [3.63, 3.8) is 0 Å². The second kappa shape index (κ2) is 7.53. The molecule has 0 bridgehead atoms. The molecule has 3 heterocycles. The SMILES string of the molecule is c1ccc(-c2cc(NCc3ccncc3)nc(-c3cccnc3)n2)cc1. The molecule has 0 amide bonds. The van der Waals surface area contributed by atoms with Crippen LogP contribution >= 0.6 is 0 Å². The summed E-state index contributed by atoms with van der Waals surface area (Å²) in [5, 5.41) is 3.38. The first-order chi connectivity index (χ1) is 12.9. The summed E-state index contributed by atoms with van der Waals surface area (Å²) >= 11 is 0. The quantitative estimate of drug-likeness (QED) is 0.590. The third-order valence-electron chi connectivity index (χ3n) is 3.94. The molecule has 0 spiro atoms. The van der Waals surface area contributed by atoms with E-state index in [0.29, 0.717) is 12.4 Å². The van der Waals surface area contributed by atoms with Gasteiger partial charge in [-0.3, -0.25) is 9.97 Å². The number of anilines is 1. The minimum Gasteiger partial charge on any atom is -0.366 e. The standard InChI is InChI=1S/C21H17N5/c1-2-5-17(6-3-1)19-13-20(24-14-16-8-11-22-12-9-16)26-21(25-19)18-7-4-10-23-15-18/h1-13,15H,14H2,(H,24,25,26). The number of aromatic nitrogens is 4. The van der Waals surface area contributed by atoms with Crippen LogP contribution in [0.4, 0.5) is 5.82 Å². The maximum absolute atomic E-state index is 4.73. The molecule has 5 nitrogen and oxygen atoms in total. The number of hydrogen-bond donors (Lipinski definition) is 1. The second-order valence-electron chi connectivity index (χ2n) is 5.78. The predicted molar refractivity (Wildman–Crippen MR) is 102 cm³/mol. The lowest BCUT2D eigenvalue weighted by Crippen LogP contribution is -2.04. The average molecular weight is 339 g/mol. The van der Waals surface area contributed by atoms with Gasteiger partial charge in [0.15, 0.2) is 5.82 Å². The first-order valence-electron chi connectivity index (χ1n) is 8.36. The van der Waals surface area contributed by atoms with Crippen LogP contribution in [0.15, 0.2) is 85.5 Å². The van der Waals surface area contributed by atoms with Crippen molar-refractivity contribution in [2.75, 3.05) is 5.32 Å². The minimum absolute atomic E-state index is 0.650. The molecule has 0 unspecified atom stereocenters. The summed E-state index contributed by atoms with van der Waals surface area (Å²) < 4.78 is 0. The molecule has 1 aromatic carbocycles. The van der Waals surface area contributed by atoms with Crippen LogP contribution in [0.25, 0.3) is 22.6 Å². The van der Waals surface area contributed by atoms with Gasteiger partial charge in [-0.1, -0.05) is 30.3 Å². The fourth-order valence-electron chi connectivity index (χ4n) is 2.61. The first-order valence-corrected chi connectivity index (χ1v) is 8.36. The number of hydrogen-bond acceptors (Lipinski definition) is 5. The molecule has 0 fully saturated rings. The summed E-state index contributed by atoms with van der Waals surface area (Å²) in [7, 11) is 0. The lowest BCUT2D eigenvalue weighted by Gasteiger charge is -2.10. The number of pyridine rings is 2. The zero-order chi connectivity index (χ0) is 17.6. The van der Waals surface area contributed by atoms with Gasteiger partial charge in [0.05, 0.1) is 5.69 Å². The van der Waals surface area contributed by atoms with Crippen LogP contribution in [-0.4, -0.2) is 19.9 Å². The average Bonchev–Trinajstić information content (AvgIpc) is 2.74. The van der Waals surface area contributed by atoms with Gasteiger partial charge in [-0.2, -0.15) is 0 Å². The topological polar surface area (TPSA) is 63.6 Å². The van der Waals surface area contributed by atoms with Crippen molar-refractivity contribution < 1.29 is 0 Å². The molecule has 0 atom stereocenters.